The van der Waals surface area contributed by atoms with Crippen LogP contribution in [0.25, 0.3) is 0 Å². The van der Waals surface area contributed by atoms with E-state index >= 15 is 0 Å². The fraction of sp³-hybridized carbons (Fsp3) is 0.222. The summed E-state index contributed by atoms with van der Waals surface area (Å²) in [6.45, 7) is 5.77. The zero-order valence-corrected chi connectivity index (χ0v) is 19.5. The maximum absolute atomic E-state index is 14.0. The van der Waals surface area contributed by atoms with Gasteiger partial charge in [-0.1, -0.05) is 43.3 Å². The number of aryl methyl sites for hydroxylation is 1. The lowest BCUT2D eigenvalue weighted by atomic mass is 10.1. The lowest BCUT2D eigenvalue weighted by Crippen LogP contribution is -2.46. The highest BCUT2D eigenvalue weighted by atomic mass is 19.1. The first-order valence-electron chi connectivity index (χ1n) is 11.1. The second kappa shape index (κ2) is 11.2. The highest BCUT2D eigenvalue weighted by molar-refractivity contribution is 6.06. The molecule has 1 atom stereocenters. The van der Waals surface area contributed by atoms with Gasteiger partial charge in [-0.25, -0.2) is 4.39 Å². The third kappa shape index (κ3) is 5.86. The van der Waals surface area contributed by atoms with Crippen molar-refractivity contribution in [1.29, 1.82) is 0 Å². The predicted octanol–water partition coefficient (Wildman–Crippen LogP) is 5.27. The van der Waals surface area contributed by atoms with E-state index in [-0.39, 0.29) is 17.4 Å². The van der Waals surface area contributed by atoms with Gasteiger partial charge in [0.05, 0.1) is 5.56 Å². The molecular formula is C27H28FN3O3. The number of halogens is 1. The average Bonchev–Trinajstić information content (AvgIpc) is 2.84. The number of nitrogens with one attached hydrogen (secondary N) is 2. The summed E-state index contributed by atoms with van der Waals surface area (Å²) in [5.41, 5.74) is 2.01. The van der Waals surface area contributed by atoms with E-state index < -0.39 is 17.8 Å². The summed E-state index contributed by atoms with van der Waals surface area (Å²) in [5, 5.41) is 5.52. The molecule has 34 heavy (non-hydrogen) atoms. The van der Waals surface area contributed by atoms with Gasteiger partial charge < -0.3 is 15.5 Å². The molecule has 6 nitrogen and oxygen atoms in total. The summed E-state index contributed by atoms with van der Waals surface area (Å²) in [7, 11) is 0. The number of amides is 3. The summed E-state index contributed by atoms with van der Waals surface area (Å²) >= 11 is 0. The largest absolute Gasteiger partial charge is 0.327 e. The van der Waals surface area contributed by atoms with E-state index in [0.717, 1.165) is 5.56 Å². The number of para-hydroxylation sites is 1. The van der Waals surface area contributed by atoms with Crippen molar-refractivity contribution in [2.75, 3.05) is 17.2 Å². The normalized spacial score (nSPS) is 11.4. The number of carbonyl (C=O) groups excluding carboxylic acids is 3. The first kappa shape index (κ1) is 24.6. The summed E-state index contributed by atoms with van der Waals surface area (Å²) in [6, 6.07) is 18.9. The molecule has 0 spiro atoms. The third-order valence-corrected chi connectivity index (χ3v) is 5.46. The van der Waals surface area contributed by atoms with Crippen LogP contribution in [0.5, 0.6) is 0 Å². The first-order valence-corrected chi connectivity index (χ1v) is 11.1. The second-order valence-corrected chi connectivity index (χ2v) is 7.99. The van der Waals surface area contributed by atoms with Crippen LogP contribution in [-0.2, 0) is 4.79 Å². The van der Waals surface area contributed by atoms with Crippen molar-refractivity contribution in [2.45, 2.75) is 33.2 Å². The number of hydrogen-bond donors (Lipinski definition) is 2. The van der Waals surface area contributed by atoms with E-state index in [1.165, 1.54) is 23.1 Å². The van der Waals surface area contributed by atoms with Crippen LogP contribution in [0.2, 0.25) is 0 Å². The highest BCUT2D eigenvalue weighted by Crippen LogP contribution is 2.21. The molecule has 0 radical (unpaired) electrons. The van der Waals surface area contributed by atoms with Crippen molar-refractivity contribution >= 4 is 29.1 Å². The van der Waals surface area contributed by atoms with Crippen molar-refractivity contribution in [3.8, 4) is 0 Å². The molecule has 3 amide bonds. The zero-order valence-electron chi connectivity index (χ0n) is 19.5. The fourth-order valence-corrected chi connectivity index (χ4v) is 3.51. The number of carbonyl (C=O) groups is 3. The van der Waals surface area contributed by atoms with Gasteiger partial charge in [0.2, 0.25) is 5.91 Å². The van der Waals surface area contributed by atoms with Crippen molar-refractivity contribution in [3.05, 3.63) is 95.3 Å². The van der Waals surface area contributed by atoms with E-state index in [1.54, 1.807) is 50.2 Å². The Kier molecular flexibility index (Phi) is 8.14. The molecule has 0 aliphatic rings. The van der Waals surface area contributed by atoms with Crippen LogP contribution in [0.1, 0.15) is 46.5 Å². The minimum Gasteiger partial charge on any atom is -0.327 e. The third-order valence-electron chi connectivity index (χ3n) is 5.46. The summed E-state index contributed by atoms with van der Waals surface area (Å²) in [5.74, 6) is -1.86. The molecule has 176 valence electrons. The molecule has 0 heterocycles. The lowest BCUT2D eigenvalue weighted by Gasteiger charge is -2.28. The Morgan fingerprint density at radius 3 is 2.29 bits per heavy atom. The van der Waals surface area contributed by atoms with E-state index in [4.69, 9.17) is 0 Å². The monoisotopic (exact) mass is 461 g/mol. The van der Waals surface area contributed by atoms with E-state index in [9.17, 15) is 18.8 Å². The zero-order chi connectivity index (χ0) is 24.7. The van der Waals surface area contributed by atoms with Crippen molar-refractivity contribution in [2.24, 2.45) is 0 Å². The Labute approximate surface area is 198 Å². The standard InChI is InChI=1S/C27H28FN3O3/c1-4-16-31(19(3)25(32)29-21-10-6-5-7-11-21)27(34)20-15-14-18(2)24(17-20)30-26(33)22-12-8-9-13-23(22)28/h5-15,17,19H,4,16H2,1-3H3,(H,29,32)(H,30,33). The molecule has 0 aliphatic heterocycles. The number of rotatable bonds is 8. The van der Waals surface area contributed by atoms with Gasteiger partial charge in [0.1, 0.15) is 11.9 Å². The molecular weight excluding hydrogens is 433 g/mol. The van der Waals surface area contributed by atoms with Crippen LogP contribution in [0, 0.1) is 12.7 Å². The molecule has 0 fully saturated rings. The Morgan fingerprint density at radius 2 is 1.62 bits per heavy atom. The lowest BCUT2D eigenvalue weighted by molar-refractivity contribution is -0.120. The Morgan fingerprint density at radius 1 is 0.941 bits per heavy atom. The van der Waals surface area contributed by atoms with E-state index in [2.05, 4.69) is 10.6 Å². The molecule has 1 unspecified atom stereocenters. The topological polar surface area (TPSA) is 78.5 Å². The van der Waals surface area contributed by atoms with Gasteiger partial charge in [0.25, 0.3) is 11.8 Å². The minimum atomic E-state index is -0.717. The minimum absolute atomic E-state index is 0.0857. The maximum Gasteiger partial charge on any atom is 0.258 e. The van der Waals surface area contributed by atoms with Gasteiger partial charge in [-0.2, -0.15) is 0 Å². The first-order chi connectivity index (χ1) is 16.3. The molecule has 0 aromatic heterocycles. The highest BCUT2D eigenvalue weighted by Gasteiger charge is 2.27. The van der Waals surface area contributed by atoms with Gasteiger partial charge in [-0.15, -0.1) is 0 Å². The molecule has 7 heteroatoms. The van der Waals surface area contributed by atoms with E-state index in [0.29, 0.717) is 29.9 Å². The second-order valence-electron chi connectivity index (χ2n) is 7.99. The molecule has 2 N–H and O–H groups in total. The predicted molar refractivity (Wildman–Crippen MR) is 131 cm³/mol. The molecule has 0 aliphatic carbocycles. The van der Waals surface area contributed by atoms with Crippen LogP contribution < -0.4 is 10.6 Å². The van der Waals surface area contributed by atoms with Gasteiger partial charge in [-0.05, 0) is 62.2 Å². The molecule has 0 saturated heterocycles. The fourth-order valence-electron chi connectivity index (χ4n) is 3.51. The van der Waals surface area contributed by atoms with Crippen molar-refractivity contribution < 1.29 is 18.8 Å². The van der Waals surface area contributed by atoms with Crippen molar-refractivity contribution in [3.63, 3.8) is 0 Å². The van der Waals surface area contributed by atoms with Crippen LogP contribution >= 0.6 is 0 Å². The van der Waals surface area contributed by atoms with Gasteiger partial charge in [-0.3, -0.25) is 14.4 Å². The summed E-state index contributed by atoms with van der Waals surface area (Å²) in [4.78, 5) is 40.3. The average molecular weight is 462 g/mol. The molecule has 3 aromatic rings. The van der Waals surface area contributed by atoms with E-state index in [1.807, 2.05) is 25.1 Å². The SMILES string of the molecule is CCCN(C(=O)c1ccc(C)c(NC(=O)c2ccccc2F)c1)C(C)C(=O)Nc1ccccc1. The van der Waals surface area contributed by atoms with Crippen LogP contribution in [0.4, 0.5) is 15.8 Å². The smallest absolute Gasteiger partial charge is 0.258 e. The van der Waals surface area contributed by atoms with Gasteiger partial charge in [0, 0.05) is 23.5 Å². The molecule has 0 saturated carbocycles. The Hall–Kier alpha value is -4.00. The summed E-state index contributed by atoms with van der Waals surface area (Å²) < 4.78 is 14.0. The van der Waals surface area contributed by atoms with Crippen molar-refractivity contribution in [1.82, 2.24) is 4.90 Å². The molecule has 0 bridgehead atoms. The number of benzene rings is 3. The van der Waals surface area contributed by atoms with Crippen LogP contribution in [0.3, 0.4) is 0 Å². The molecule has 3 aromatic carbocycles. The number of hydrogen-bond acceptors (Lipinski definition) is 3. The van der Waals surface area contributed by atoms with Crippen LogP contribution in [0.15, 0.2) is 72.8 Å². The maximum atomic E-state index is 14.0. The van der Waals surface area contributed by atoms with Gasteiger partial charge in [0.15, 0.2) is 0 Å². The quantitative estimate of drug-likeness (QED) is 0.480. The van der Waals surface area contributed by atoms with Crippen LogP contribution in [-0.4, -0.2) is 35.2 Å². The Balaban J connectivity index is 1.81. The number of anilines is 2. The summed E-state index contributed by atoms with van der Waals surface area (Å²) in [6.07, 6.45) is 0.664. The molecule has 3 rings (SSSR count). The van der Waals surface area contributed by atoms with Gasteiger partial charge >= 0.3 is 0 Å². The number of nitrogens with zero attached hydrogens (tertiary/aromatic N) is 1. The Bertz CT molecular complexity index is 1180.